The normalized spacial score (nSPS) is 19.2. The first-order valence-electron chi connectivity index (χ1n) is 32.6. The van der Waals surface area contributed by atoms with Crippen molar-refractivity contribution >= 4 is 115 Å². The van der Waals surface area contributed by atoms with Crippen molar-refractivity contribution in [1.29, 1.82) is 0 Å². The number of phenols is 1. The second kappa shape index (κ2) is 42.5. The van der Waals surface area contributed by atoms with E-state index in [1.807, 2.05) is 0 Å². The molecule has 1 aromatic heterocycles. The molecule has 0 spiro atoms. The fourth-order valence-electron chi connectivity index (χ4n) is 10.6. The lowest BCUT2D eigenvalue weighted by molar-refractivity contribution is -0.145. The Balaban J connectivity index is 1.52. The summed E-state index contributed by atoms with van der Waals surface area (Å²) >= 11 is 0. The van der Waals surface area contributed by atoms with Crippen molar-refractivity contribution in [1.82, 2.24) is 67.5 Å². The number of fused-ring (bicyclic) bond motifs is 1. The number of rotatable bonds is 36. The van der Waals surface area contributed by atoms with Gasteiger partial charge in [-0.3, -0.25) is 77.0 Å². The number of aliphatic hydroxyl groups is 2. The number of hydrogen-bond donors (Lipinski definition) is 19. The van der Waals surface area contributed by atoms with E-state index in [2.05, 4.69) is 52.8 Å². The van der Waals surface area contributed by atoms with Crippen LogP contribution in [0.1, 0.15) is 49.8 Å². The summed E-state index contributed by atoms with van der Waals surface area (Å²) < 4.78 is 0. The average Bonchev–Trinajstić information content (AvgIpc) is 1.74. The Morgan fingerprint density at radius 3 is 1.77 bits per heavy atom. The summed E-state index contributed by atoms with van der Waals surface area (Å²) in [5.74, 6) is -16.9. The van der Waals surface area contributed by atoms with Gasteiger partial charge in [0.05, 0.1) is 51.5 Å². The first-order valence-corrected chi connectivity index (χ1v) is 35.1. The number of para-hydroxylation sites is 1. The number of carboxylic acid groups (broad SMARTS) is 4. The van der Waals surface area contributed by atoms with Gasteiger partial charge in [-0.05, 0) is 74.5 Å². The molecule has 10 atom stereocenters. The number of carbonyl (C=O) groups excluding carboxylic acids is 10. The summed E-state index contributed by atoms with van der Waals surface area (Å²) in [6.45, 7) is -2.25. The zero-order valence-corrected chi connectivity index (χ0v) is 58.1. The first kappa shape index (κ1) is 83.7. The SMILES string of the molecule is C[C@@H](O)[C@H](NC(=O)[C@@H]1CSSC[C@H](NC(=O)[C@@H](Cc2ccccc2)NC(=O)CNC(=O)CN(CCN(CCN(CC(=O)O)CC(=O)O)CC(=O)O)CC(N)=O)C(=O)N[C@@H](Cc2ccc(O)cc2)C(=O)N[C@@H](Cc2c[nH]c3ccccc23)C(=O)N[C@@H](CCCCN)C(=O)N[C@@H]([C@@H](C)O)C(=O)N1)C(=O)O. The van der Waals surface area contributed by atoms with Gasteiger partial charge in [-0.1, -0.05) is 82.3 Å². The van der Waals surface area contributed by atoms with Crippen LogP contribution in [0.4, 0.5) is 0 Å². The van der Waals surface area contributed by atoms with Crippen molar-refractivity contribution in [2.45, 2.75) is 113 Å². The summed E-state index contributed by atoms with van der Waals surface area (Å²) in [7, 11) is 1.58. The lowest BCUT2D eigenvalue weighted by Gasteiger charge is -2.29. The number of phenolic OH excluding ortho intramolecular Hbond substituents is 1. The molecule has 1 fully saturated rings. The number of aromatic amines is 1. The van der Waals surface area contributed by atoms with Crippen molar-refractivity contribution in [3.05, 3.63) is 102 Å². The largest absolute Gasteiger partial charge is 0.508 e. The predicted octanol–water partition coefficient (Wildman–Crippen LogP) is -5.09. The molecular weight excluding hydrogens is 1390 g/mol. The number of unbranched alkanes of at least 4 members (excludes halogenated alkanes) is 1. The third-order valence-corrected chi connectivity index (χ3v) is 18.3. The van der Waals surface area contributed by atoms with E-state index in [-0.39, 0.29) is 70.6 Å². The molecule has 0 unspecified atom stereocenters. The molecule has 2 heterocycles. The van der Waals surface area contributed by atoms with Gasteiger partial charge in [0.15, 0.2) is 6.04 Å². The molecule has 5 rings (SSSR count). The second-order valence-electron chi connectivity index (χ2n) is 24.3. The van der Waals surface area contributed by atoms with Gasteiger partial charge >= 0.3 is 23.9 Å². The highest BCUT2D eigenvalue weighted by Gasteiger charge is 2.38. The predicted molar refractivity (Wildman–Crippen MR) is 373 cm³/mol. The van der Waals surface area contributed by atoms with Crippen LogP contribution in [-0.4, -0.2) is 282 Å². The molecule has 1 aliphatic heterocycles. The van der Waals surface area contributed by atoms with Gasteiger partial charge in [-0.25, -0.2) is 4.79 Å². The quantitative estimate of drug-likeness (QED) is 0.0150. The highest BCUT2D eigenvalue weighted by Crippen LogP contribution is 2.25. The molecule has 38 heteroatoms. The van der Waals surface area contributed by atoms with Gasteiger partial charge in [0.25, 0.3) is 0 Å². The van der Waals surface area contributed by atoms with Crippen LogP contribution in [0.15, 0.2) is 85.1 Å². The Hall–Kier alpha value is -9.96. The van der Waals surface area contributed by atoms with Crippen molar-refractivity contribution < 1.29 is 103 Å². The number of aliphatic hydroxyl groups excluding tert-OH is 2. The van der Waals surface area contributed by atoms with Crippen molar-refractivity contribution in [3.8, 4) is 5.75 Å². The van der Waals surface area contributed by atoms with Gasteiger partial charge < -0.3 is 100 Å². The van der Waals surface area contributed by atoms with E-state index in [0.29, 0.717) is 34.0 Å². The first-order chi connectivity index (χ1) is 48.9. The van der Waals surface area contributed by atoms with Crippen LogP contribution < -0.4 is 59.3 Å². The number of carbonyl (C=O) groups is 14. The maximum atomic E-state index is 15.2. The number of aromatic nitrogens is 1. The van der Waals surface area contributed by atoms with Crippen LogP contribution in [-0.2, 0) is 86.4 Å². The third-order valence-electron chi connectivity index (χ3n) is 15.9. The lowest BCUT2D eigenvalue weighted by atomic mass is 10.0. The monoisotopic (exact) mass is 1480 g/mol. The van der Waals surface area contributed by atoms with Gasteiger partial charge in [0.2, 0.25) is 59.1 Å². The lowest BCUT2D eigenvalue weighted by Crippen LogP contribution is -2.62. The van der Waals surface area contributed by atoms with Crippen molar-refractivity contribution in [2.75, 3.05) is 83.5 Å². The minimum absolute atomic E-state index is 0.104. The molecule has 10 amide bonds. The van der Waals surface area contributed by atoms with Gasteiger partial charge in [-0.15, -0.1) is 0 Å². The van der Waals surface area contributed by atoms with Crippen LogP contribution >= 0.6 is 21.6 Å². The number of aromatic hydroxyl groups is 1. The Bertz CT molecular complexity index is 3580. The standard InChI is InChI=1S/C65H89N15O21S2/c1-36(81)56-64(99)75-49(63(98)77-57(37(2)82)65(100)101)35-103-102-34-48(62(97)72-46(25-39-15-17-41(83)18-16-39)60(95)73-47(26-40-27-68-43-13-7-6-12-42(40)43)61(96)71-44(58(93)76-56)14-8-9-19-66)74-59(94)45(24-38-10-4-3-5-11-38)70-51(85)28-69-52(86)30-79(29-50(67)84)22-20-78(31-53(87)88)21-23-80(32-54(89)90)33-55(91)92/h3-7,10-13,15-18,27,36-37,44-49,56-57,68,81-83H,8-9,14,19-26,28-35,66H2,1-2H3,(H2,67,84)(H,69,86)(H,70,85)(H,71,96)(H,72,97)(H,73,95)(H,74,94)(H,75,99)(H,76,93)(H,77,98)(H,87,88)(H,89,90)(H,91,92)(H,100,101)/t36-,37-,44+,45-,46+,47+,48+,49+,56+,57+/m1/s1. The smallest absolute Gasteiger partial charge is 0.328 e. The number of nitrogens with zero attached hydrogens (tertiary/aromatic N) is 3. The number of primary amides is 1. The van der Waals surface area contributed by atoms with Crippen LogP contribution in [0.2, 0.25) is 0 Å². The minimum atomic E-state index is -1.93. The topological polar surface area (TPSA) is 566 Å². The highest BCUT2D eigenvalue weighted by molar-refractivity contribution is 8.76. The molecule has 0 saturated carbocycles. The van der Waals surface area contributed by atoms with E-state index in [0.717, 1.165) is 40.3 Å². The second-order valence-corrected chi connectivity index (χ2v) is 26.9. The molecule has 0 bridgehead atoms. The van der Waals surface area contributed by atoms with Gasteiger partial charge in [-0.2, -0.15) is 0 Å². The number of aliphatic carboxylic acids is 4. The van der Waals surface area contributed by atoms with E-state index >= 15 is 9.59 Å². The molecule has 103 heavy (non-hydrogen) atoms. The number of amides is 10. The molecule has 1 saturated heterocycles. The van der Waals surface area contributed by atoms with Crippen LogP contribution in [0, 0.1) is 0 Å². The highest BCUT2D eigenvalue weighted by atomic mass is 33.1. The number of nitrogens with two attached hydrogens (primary N) is 2. The number of hydrogen-bond acceptors (Lipinski definition) is 23. The summed E-state index contributed by atoms with van der Waals surface area (Å²) in [5.41, 5.74) is 13.3. The number of nitrogens with one attached hydrogen (secondary N) is 10. The molecule has 0 radical (unpaired) electrons. The Morgan fingerprint density at radius 2 is 1.17 bits per heavy atom. The number of benzene rings is 3. The van der Waals surface area contributed by atoms with E-state index in [1.54, 1.807) is 60.8 Å². The van der Waals surface area contributed by atoms with Crippen LogP contribution in [0.3, 0.4) is 0 Å². The molecule has 4 aromatic rings. The fourth-order valence-corrected chi connectivity index (χ4v) is 12.9. The van der Waals surface area contributed by atoms with Crippen LogP contribution in [0.25, 0.3) is 10.9 Å². The van der Waals surface area contributed by atoms with E-state index < -0.39 is 194 Å². The average molecular weight is 1480 g/mol. The Morgan fingerprint density at radius 1 is 0.602 bits per heavy atom. The van der Waals surface area contributed by atoms with Crippen LogP contribution in [0.5, 0.6) is 5.75 Å². The zero-order valence-electron chi connectivity index (χ0n) is 56.5. The van der Waals surface area contributed by atoms with Crippen molar-refractivity contribution in [2.24, 2.45) is 11.5 Å². The molecule has 562 valence electrons. The molecule has 0 aliphatic carbocycles. The Kier molecular flexibility index (Phi) is 34.5. The molecule has 1 aliphatic rings. The fraction of sp³-hybridized carbons (Fsp3) is 0.477. The summed E-state index contributed by atoms with van der Waals surface area (Å²) in [6.07, 6.45) is -2.15. The molecule has 3 aromatic carbocycles. The number of carboxylic acids is 4. The zero-order chi connectivity index (χ0) is 75.9. The number of H-pyrrole nitrogens is 1. The van der Waals surface area contributed by atoms with Gasteiger partial charge in [0, 0.05) is 74.0 Å². The summed E-state index contributed by atoms with van der Waals surface area (Å²) in [6, 6.07) is 7.21. The summed E-state index contributed by atoms with van der Waals surface area (Å²) in [4.78, 5) is 196. The summed E-state index contributed by atoms with van der Waals surface area (Å²) in [5, 5.41) is 93.0. The van der Waals surface area contributed by atoms with Crippen molar-refractivity contribution in [3.63, 3.8) is 0 Å². The van der Waals surface area contributed by atoms with E-state index in [9.17, 15) is 93.3 Å². The molecule has 21 N–H and O–H groups in total. The molecular formula is C65H89N15O21S2. The van der Waals surface area contributed by atoms with Gasteiger partial charge in [0.1, 0.15) is 48.0 Å². The maximum Gasteiger partial charge on any atom is 0.328 e. The Labute approximate surface area is 598 Å². The van der Waals surface area contributed by atoms with E-state index in [1.165, 1.54) is 34.1 Å². The third kappa shape index (κ3) is 29.5. The molecule has 36 nitrogen and oxygen atoms in total. The minimum Gasteiger partial charge on any atom is -0.508 e. The van der Waals surface area contributed by atoms with E-state index in [4.69, 9.17) is 11.5 Å². The maximum absolute atomic E-state index is 15.2.